The van der Waals surface area contributed by atoms with Gasteiger partial charge in [0.05, 0.1) is 6.61 Å². The van der Waals surface area contributed by atoms with E-state index in [4.69, 9.17) is 4.74 Å². The standard InChI is InChI=1S/C16H21NO2/c1-5-19-16(18)15(11-12(2)3)17-13(4)14-9-7-6-8-10-14/h6-10,15H,2,5,11H2,1,3-4H3/b17-13-/t15-/m0/s1. The minimum absolute atomic E-state index is 0.291. The first-order valence-electron chi connectivity index (χ1n) is 6.45. The molecule has 0 bridgehead atoms. The molecule has 0 aliphatic rings. The molecule has 0 aliphatic carbocycles. The lowest BCUT2D eigenvalue weighted by Crippen LogP contribution is -2.23. The van der Waals surface area contributed by atoms with E-state index in [0.29, 0.717) is 13.0 Å². The van der Waals surface area contributed by atoms with Crippen molar-refractivity contribution in [3.8, 4) is 0 Å². The zero-order valence-electron chi connectivity index (χ0n) is 11.8. The highest BCUT2D eigenvalue weighted by Crippen LogP contribution is 2.11. The molecule has 19 heavy (non-hydrogen) atoms. The second-order valence-electron chi connectivity index (χ2n) is 4.51. The van der Waals surface area contributed by atoms with E-state index in [1.54, 1.807) is 6.92 Å². The maximum Gasteiger partial charge on any atom is 0.331 e. The predicted molar refractivity (Wildman–Crippen MR) is 78.5 cm³/mol. The Labute approximate surface area is 115 Å². The highest BCUT2D eigenvalue weighted by atomic mass is 16.5. The van der Waals surface area contributed by atoms with Crippen LogP contribution < -0.4 is 0 Å². The third kappa shape index (κ3) is 5.08. The summed E-state index contributed by atoms with van der Waals surface area (Å²) in [7, 11) is 0. The third-order valence-electron chi connectivity index (χ3n) is 2.64. The van der Waals surface area contributed by atoms with Gasteiger partial charge >= 0.3 is 5.97 Å². The van der Waals surface area contributed by atoms with Crippen molar-refractivity contribution in [3.05, 3.63) is 48.0 Å². The summed E-state index contributed by atoms with van der Waals surface area (Å²) in [5.41, 5.74) is 2.76. The maximum atomic E-state index is 11.9. The van der Waals surface area contributed by atoms with Gasteiger partial charge in [-0.25, -0.2) is 4.79 Å². The molecule has 0 aromatic heterocycles. The number of benzene rings is 1. The Balaban J connectivity index is 2.92. The molecule has 3 heteroatoms. The number of hydrogen-bond acceptors (Lipinski definition) is 3. The van der Waals surface area contributed by atoms with Crippen LogP contribution in [0, 0.1) is 0 Å². The fourth-order valence-electron chi connectivity index (χ4n) is 1.74. The number of nitrogens with zero attached hydrogens (tertiary/aromatic N) is 1. The molecule has 0 amide bonds. The third-order valence-corrected chi connectivity index (χ3v) is 2.64. The highest BCUT2D eigenvalue weighted by molar-refractivity contribution is 5.99. The minimum Gasteiger partial charge on any atom is -0.464 e. The van der Waals surface area contributed by atoms with Gasteiger partial charge in [-0.05, 0) is 26.3 Å². The van der Waals surface area contributed by atoms with Gasteiger partial charge in [0.25, 0.3) is 0 Å². The zero-order chi connectivity index (χ0) is 14.3. The number of ether oxygens (including phenoxy) is 1. The Bertz CT molecular complexity index is 463. The van der Waals surface area contributed by atoms with E-state index >= 15 is 0 Å². The normalized spacial score (nSPS) is 12.9. The van der Waals surface area contributed by atoms with E-state index in [1.165, 1.54) is 0 Å². The maximum absolute atomic E-state index is 11.9. The molecular weight excluding hydrogens is 238 g/mol. The number of hydrogen-bond donors (Lipinski definition) is 0. The van der Waals surface area contributed by atoms with Crippen LogP contribution in [0.2, 0.25) is 0 Å². The average molecular weight is 259 g/mol. The molecule has 102 valence electrons. The number of carbonyl (C=O) groups is 1. The number of aliphatic imine (C=N–C) groups is 1. The fourth-order valence-corrected chi connectivity index (χ4v) is 1.74. The van der Waals surface area contributed by atoms with Crippen LogP contribution in [0.4, 0.5) is 0 Å². The lowest BCUT2D eigenvalue weighted by molar-refractivity contribution is -0.144. The molecule has 0 spiro atoms. The topological polar surface area (TPSA) is 38.7 Å². The van der Waals surface area contributed by atoms with Crippen molar-refractivity contribution in [3.63, 3.8) is 0 Å². The van der Waals surface area contributed by atoms with Gasteiger partial charge in [0, 0.05) is 12.1 Å². The number of carbonyl (C=O) groups excluding carboxylic acids is 1. The summed E-state index contributed by atoms with van der Waals surface area (Å²) in [5, 5.41) is 0. The van der Waals surface area contributed by atoms with Crippen LogP contribution in [-0.2, 0) is 9.53 Å². The molecule has 0 aliphatic heterocycles. The van der Waals surface area contributed by atoms with E-state index in [-0.39, 0.29) is 5.97 Å². The van der Waals surface area contributed by atoms with Gasteiger partial charge in [0.2, 0.25) is 0 Å². The van der Waals surface area contributed by atoms with Gasteiger partial charge in [0.1, 0.15) is 0 Å². The Morgan fingerprint density at radius 3 is 2.47 bits per heavy atom. The lowest BCUT2D eigenvalue weighted by Gasteiger charge is -2.13. The van der Waals surface area contributed by atoms with Crippen LogP contribution in [-0.4, -0.2) is 24.3 Å². The molecule has 0 N–H and O–H groups in total. The molecule has 1 rings (SSSR count). The van der Waals surface area contributed by atoms with E-state index in [0.717, 1.165) is 16.8 Å². The largest absolute Gasteiger partial charge is 0.464 e. The van der Waals surface area contributed by atoms with Gasteiger partial charge in [-0.3, -0.25) is 4.99 Å². The minimum atomic E-state index is -0.502. The summed E-state index contributed by atoms with van der Waals surface area (Å²) in [6.45, 7) is 9.79. The molecule has 3 nitrogen and oxygen atoms in total. The van der Waals surface area contributed by atoms with E-state index in [1.807, 2.05) is 44.2 Å². The molecular formula is C16H21NO2. The van der Waals surface area contributed by atoms with Gasteiger partial charge in [-0.2, -0.15) is 0 Å². The second kappa shape index (κ2) is 7.52. The summed E-state index contributed by atoms with van der Waals surface area (Å²) < 4.78 is 5.05. The van der Waals surface area contributed by atoms with Gasteiger partial charge in [-0.15, -0.1) is 6.58 Å². The van der Waals surface area contributed by atoms with Crippen molar-refractivity contribution in [1.82, 2.24) is 0 Å². The van der Waals surface area contributed by atoms with E-state index < -0.39 is 6.04 Å². The molecule has 1 atom stereocenters. The van der Waals surface area contributed by atoms with Crippen LogP contribution in [0.15, 0.2) is 47.5 Å². The molecule has 1 aromatic rings. The average Bonchev–Trinajstić information content (AvgIpc) is 2.38. The van der Waals surface area contributed by atoms with Crippen LogP contribution in [0.25, 0.3) is 0 Å². The zero-order valence-corrected chi connectivity index (χ0v) is 11.8. The van der Waals surface area contributed by atoms with Crippen molar-refractivity contribution in [2.45, 2.75) is 33.2 Å². The Hall–Kier alpha value is -1.90. The van der Waals surface area contributed by atoms with Crippen molar-refractivity contribution >= 4 is 11.7 Å². The van der Waals surface area contributed by atoms with Crippen LogP contribution in [0.3, 0.4) is 0 Å². The Kier molecular flexibility index (Phi) is 6.00. The van der Waals surface area contributed by atoms with Crippen molar-refractivity contribution in [1.29, 1.82) is 0 Å². The number of rotatable bonds is 6. The van der Waals surface area contributed by atoms with Crippen molar-refractivity contribution in [2.75, 3.05) is 6.61 Å². The SMILES string of the molecule is C=C(C)C[C@H](/N=C(/C)c1ccccc1)C(=O)OCC. The van der Waals surface area contributed by atoms with Crippen LogP contribution in [0.5, 0.6) is 0 Å². The summed E-state index contributed by atoms with van der Waals surface area (Å²) in [6, 6.07) is 9.30. The molecule has 0 saturated carbocycles. The van der Waals surface area contributed by atoms with Crippen LogP contribution in [0.1, 0.15) is 32.8 Å². The smallest absolute Gasteiger partial charge is 0.331 e. The van der Waals surface area contributed by atoms with Gasteiger partial charge < -0.3 is 4.74 Å². The predicted octanol–water partition coefficient (Wildman–Crippen LogP) is 3.39. The monoisotopic (exact) mass is 259 g/mol. The molecule has 0 fully saturated rings. The molecule has 0 radical (unpaired) electrons. The quantitative estimate of drug-likeness (QED) is 0.446. The molecule has 0 heterocycles. The van der Waals surface area contributed by atoms with Crippen molar-refractivity contribution in [2.24, 2.45) is 4.99 Å². The van der Waals surface area contributed by atoms with Gasteiger partial charge in [-0.1, -0.05) is 35.9 Å². The Morgan fingerprint density at radius 2 is 1.95 bits per heavy atom. The number of esters is 1. The second-order valence-corrected chi connectivity index (χ2v) is 4.51. The van der Waals surface area contributed by atoms with Gasteiger partial charge in [0.15, 0.2) is 6.04 Å². The molecule has 0 unspecified atom stereocenters. The lowest BCUT2D eigenvalue weighted by atomic mass is 10.1. The fraction of sp³-hybridized carbons (Fsp3) is 0.375. The summed E-state index contributed by atoms with van der Waals surface area (Å²) in [5.74, 6) is -0.291. The highest BCUT2D eigenvalue weighted by Gasteiger charge is 2.19. The first-order chi connectivity index (χ1) is 9.04. The summed E-state index contributed by atoms with van der Waals surface area (Å²) >= 11 is 0. The first kappa shape index (κ1) is 15.2. The summed E-state index contributed by atoms with van der Waals surface area (Å²) in [6.07, 6.45) is 0.517. The first-order valence-corrected chi connectivity index (χ1v) is 6.45. The summed E-state index contributed by atoms with van der Waals surface area (Å²) in [4.78, 5) is 16.4. The molecule has 1 aromatic carbocycles. The van der Waals surface area contributed by atoms with Crippen LogP contribution >= 0.6 is 0 Å². The molecule has 0 saturated heterocycles. The Morgan fingerprint density at radius 1 is 1.32 bits per heavy atom. The van der Waals surface area contributed by atoms with E-state index in [9.17, 15) is 4.79 Å². The van der Waals surface area contributed by atoms with Crippen molar-refractivity contribution < 1.29 is 9.53 Å². The van der Waals surface area contributed by atoms with E-state index in [2.05, 4.69) is 11.6 Å².